The maximum absolute atomic E-state index is 5.92. The summed E-state index contributed by atoms with van der Waals surface area (Å²) in [5.41, 5.74) is 6.98. The van der Waals surface area contributed by atoms with Gasteiger partial charge in [0.25, 0.3) is 0 Å². The zero-order valence-corrected chi connectivity index (χ0v) is 11.2. The van der Waals surface area contributed by atoms with Crippen LogP contribution in [0.5, 0.6) is 0 Å². The van der Waals surface area contributed by atoms with Gasteiger partial charge in [0.1, 0.15) is 5.16 Å². The van der Waals surface area contributed by atoms with Crippen molar-refractivity contribution in [1.82, 2.24) is 21.1 Å². The van der Waals surface area contributed by atoms with E-state index in [-0.39, 0.29) is 0 Å². The van der Waals surface area contributed by atoms with Gasteiger partial charge in [0.2, 0.25) is 0 Å². The molecule has 0 aliphatic carbocycles. The summed E-state index contributed by atoms with van der Waals surface area (Å²) in [7, 11) is 0. The fourth-order valence-corrected chi connectivity index (χ4v) is 2.74. The highest BCUT2D eigenvalue weighted by Crippen LogP contribution is 2.24. The molecule has 17 heavy (non-hydrogen) atoms. The number of hydrazine groups is 1. The summed E-state index contributed by atoms with van der Waals surface area (Å²) in [6.45, 7) is 6.18. The van der Waals surface area contributed by atoms with Gasteiger partial charge in [0, 0.05) is 31.4 Å². The van der Waals surface area contributed by atoms with Crippen molar-refractivity contribution >= 4 is 11.6 Å². The lowest BCUT2D eigenvalue weighted by Gasteiger charge is -2.36. The molecule has 96 valence electrons. The highest BCUT2D eigenvalue weighted by atomic mass is 35.5. The third-order valence-corrected chi connectivity index (χ3v) is 3.47. The fourth-order valence-electron chi connectivity index (χ4n) is 2.58. The Kier molecular flexibility index (Phi) is 4.18. The van der Waals surface area contributed by atoms with E-state index in [1.807, 2.05) is 26.1 Å². The number of nitrogens with zero attached hydrogens (tertiary/aromatic N) is 1. The van der Waals surface area contributed by atoms with E-state index in [4.69, 9.17) is 11.6 Å². The van der Waals surface area contributed by atoms with Crippen LogP contribution in [-0.4, -0.2) is 30.1 Å². The first kappa shape index (κ1) is 12.6. The summed E-state index contributed by atoms with van der Waals surface area (Å²) in [5.74, 6) is 0. The van der Waals surface area contributed by atoms with E-state index >= 15 is 0 Å². The molecule has 0 amide bonds. The van der Waals surface area contributed by atoms with Crippen LogP contribution in [0.1, 0.15) is 26.7 Å². The normalized spacial score (nSPS) is 30.4. The van der Waals surface area contributed by atoms with Crippen LogP contribution >= 0.6 is 11.6 Å². The second kappa shape index (κ2) is 5.65. The van der Waals surface area contributed by atoms with E-state index in [9.17, 15) is 0 Å². The molecular formula is C12H21ClN4. The van der Waals surface area contributed by atoms with Gasteiger partial charge >= 0.3 is 0 Å². The molecule has 2 fully saturated rings. The standard InChI is InChI=1S/C10H15ClN4.C2H6/c11-10-3-9(4-12-14-10)15-5-7-1-2-8(6-15)13-7;1-2/h3-4,7-8,12-14H,1-2,5-6H2;1-2H3. The van der Waals surface area contributed by atoms with Crippen LogP contribution in [0.3, 0.4) is 0 Å². The van der Waals surface area contributed by atoms with E-state index in [2.05, 4.69) is 21.1 Å². The highest BCUT2D eigenvalue weighted by molar-refractivity contribution is 6.29. The minimum atomic E-state index is 0.651. The van der Waals surface area contributed by atoms with Gasteiger partial charge in [-0.2, -0.15) is 0 Å². The molecule has 0 aromatic rings. The minimum Gasteiger partial charge on any atom is -0.367 e. The van der Waals surface area contributed by atoms with Gasteiger partial charge in [-0.1, -0.05) is 25.4 Å². The number of halogens is 1. The van der Waals surface area contributed by atoms with Gasteiger partial charge in [-0.15, -0.1) is 0 Å². The molecule has 2 atom stereocenters. The van der Waals surface area contributed by atoms with Gasteiger partial charge < -0.3 is 15.6 Å². The van der Waals surface area contributed by atoms with Gasteiger partial charge in [-0.25, -0.2) is 0 Å². The number of likely N-dealkylation sites (tertiary alicyclic amines) is 1. The Morgan fingerprint density at radius 2 is 1.88 bits per heavy atom. The van der Waals surface area contributed by atoms with Crippen LogP contribution < -0.4 is 16.2 Å². The van der Waals surface area contributed by atoms with Crippen LogP contribution in [0.4, 0.5) is 0 Å². The van der Waals surface area contributed by atoms with Gasteiger partial charge in [0.15, 0.2) is 0 Å². The Balaban J connectivity index is 0.000000514. The maximum Gasteiger partial charge on any atom is 0.122 e. The molecule has 0 saturated carbocycles. The van der Waals surface area contributed by atoms with Gasteiger partial charge in [-0.3, -0.25) is 5.43 Å². The highest BCUT2D eigenvalue weighted by Gasteiger charge is 2.32. The molecule has 3 rings (SSSR count). The van der Waals surface area contributed by atoms with Gasteiger partial charge in [0.05, 0.1) is 5.70 Å². The van der Waals surface area contributed by atoms with Crippen molar-refractivity contribution in [3.8, 4) is 0 Å². The largest absolute Gasteiger partial charge is 0.367 e. The van der Waals surface area contributed by atoms with Crippen molar-refractivity contribution in [3.63, 3.8) is 0 Å². The van der Waals surface area contributed by atoms with Crippen molar-refractivity contribution in [2.45, 2.75) is 38.8 Å². The van der Waals surface area contributed by atoms with Crippen molar-refractivity contribution in [3.05, 3.63) is 23.1 Å². The Morgan fingerprint density at radius 1 is 1.24 bits per heavy atom. The average molecular weight is 257 g/mol. The van der Waals surface area contributed by atoms with Crippen molar-refractivity contribution in [1.29, 1.82) is 0 Å². The van der Waals surface area contributed by atoms with Crippen LogP contribution in [-0.2, 0) is 0 Å². The molecular weight excluding hydrogens is 236 g/mol. The third kappa shape index (κ3) is 2.87. The molecule has 0 aromatic heterocycles. The van der Waals surface area contributed by atoms with Crippen LogP contribution in [0.25, 0.3) is 0 Å². The minimum absolute atomic E-state index is 0.651. The SMILES string of the molecule is CC.ClC1=CC(N2CC3CCC(C2)N3)=CNN1. The summed E-state index contributed by atoms with van der Waals surface area (Å²) in [6, 6.07) is 1.32. The lowest BCUT2D eigenvalue weighted by atomic mass is 10.2. The summed E-state index contributed by atoms with van der Waals surface area (Å²) in [5, 5.41) is 4.26. The lowest BCUT2D eigenvalue weighted by molar-refractivity contribution is 0.247. The second-order valence-electron chi connectivity index (χ2n) is 4.37. The molecule has 3 heterocycles. The van der Waals surface area contributed by atoms with E-state index < -0.39 is 0 Å². The topological polar surface area (TPSA) is 39.3 Å². The predicted molar refractivity (Wildman–Crippen MR) is 71.2 cm³/mol. The molecule has 3 N–H and O–H groups in total. The number of hydrogen-bond donors (Lipinski definition) is 3. The Bertz CT molecular complexity index is 314. The Morgan fingerprint density at radius 3 is 2.47 bits per heavy atom. The van der Waals surface area contributed by atoms with Crippen LogP contribution in [0, 0.1) is 0 Å². The number of allylic oxidation sites excluding steroid dienone is 1. The summed E-state index contributed by atoms with van der Waals surface area (Å²) < 4.78 is 0. The van der Waals surface area contributed by atoms with E-state index in [0.29, 0.717) is 17.2 Å². The average Bonchev–Trinajstić information content (AvgIpc) is 2.71. The van der Waals surface area contributed by atoms with Crippen LogP contribution in [0.15, 0.2) is 23.1 Å². The monoisotopic (exact) mass is 256 g/mol. The van der Waals surface area contributed by atoms with E-state index in [0.717, 1.165) is 13.1 Å². The molecule has 2 bridgehead atoms. The van der Waals surface area contributed by atoms with E-state index in [1.165, 1.54) is 18.5 Å². The second-order valence-corrected chi connectivity index (χ2v) is 4.78. The number of fused-ring (bicyclic) bond motifs is 2. The number of hydrogen-bond acceptors (Lipinski definition) is 4. The lowest BCUT2D eigenvalue weighted by Crippen LogP contribution is -2.51. The van der Waals surface area contributed by atoms with E-state index in [1.54, 1.807) is 0 Å². The molecule has 0 aromatic carbocycles. The zero-order chi connectivity index (χ0) is 12.3. The molecule has 5 heteroatoms. The van der Waals surface area contributed by atoms with Gasteiger partial charge in [-0.05, 0) is 18.9 Å². The molecule has 3 aliphatic heterocycles. The van der Waals surface area contributed by atoms with Crippen LogP contribution in [0.2, 0.25) is 0 Å². The summed E-state index contributed by atoms with van der Waals surface area (Å²) in [6.07, 6.45) is 6.55. The molecule has 3 aliphatic rings. The Labute approximate surface area is 108 Å². The molecule has 2 unspecified atom stereocenters. The fraction of sp³-hybridized carbons (Fsp3) is 0.667. The first-order valence-corrected chi connectivity index (χ1v) is 6.79. The smallest absolute Gasteiger partial charge is 0.122 e. The van der Waals surface area contributed by atoms with Crippen molar-refractivity contribution in [2.75, 3.05) is 13.1 Å². The Hall–Kier alpha value is -0.870. The maximum atomic E-state index is 5.92. The van der Waals surface area contributed by atoms with Crippen molar-refractivity contribution in [2.24, 2.45) is 0 Å². The summed E-state index contributed by atoms with van der Waals surface area (Å²) in [4.78, 5) is 2.40. The molecule has 2 saturated heterocycles. The number of nitrogens with one attached hydrogen (secondary N) is 3. The summed E-state index contributed by atoms with van der Waals surface area (Å²) >= 11 is 5.92. The first-order chi connectivity index (χ1) is 8.31. The molecule has 4 nitrogen and oxygen atoms in total. The number of piperazine rings is 1. The number of rotatable bonds is 1. The molecule has 0 radical (unpaired) electrons. The predicted octanol–water partition coefficient (Wildman–Crippen LogP) is 1.48. The quantitative estimate of drug-likeness (QED) is 0.622. The third-order valence-electron chi connectivity index (χ3n) is 3.27. The zero-order valence-electron chi connectivity index (χ0n) is 10.5. The first-order valence-electron chi connectivity index (χ1n) is 6.41. The molecule has 0 spiro atoms. The van der Waals surface area contributed by atoms with Crippen molar-refractivity contribution < 1.29 is 0 Å².